The number of amides is 2. The molecule has 6 heteroatoms. The average molecular weight is 265 g/mol. The number of nitrogens with one attached hydrogen (secondary N) is 1. The van der Waals surface area contributed by atoms with E-state index in [-0.39, 0.29) is 11.8 Å². The lowest BCUT2D eigenvalue weighted by atomic mass is 10.0. The first-order valence-electron chi connectivity index (χ1n) is 6.67. The van der Waals surface area contributed by atoms with E-state index in [1.165, 1.54) is 6.26 Å². The first-order valence-corrected chi connectivity index (χ1v) is 6.67. The Morgan fingerprint density at radius 1 is 1.42 bits per heavy atom. The van der Waals surface area contributed by atoms with E-state index >= 15 is 0 Å². The molecular weight excluding hydrogens is 246 g/mol. The van der Waals surface area contributed by atoms with Crippen molar-refractivity contribution in [2.75, 3.05) is 0 Å². The summed E-state index contributed by atoms with van der Waals surface area (Å²) < 4.78 is 4.77. The van der Waals surface area contributed by atoms with Gasteiger partial charge in [0.15, 0.2) is 0 Å². The van der Waals surface area contributed by atoms with Crippen molar-refractivity contribution >= 4 is 11.8 Å². The second kappa shape index (κ2) is 5.86. The number of hydrogen-bond acceptors (Lipinski definition) is 4. The molecule has 0 spiro atoms. The topological polar surface area (TPSA) is 75.4 Å². The van der Waals surface area contributed by atoms with E-state index in [1.54, 1.807) is 11.0 Å². The van der Waals surface area contributed by atoms with Gasteiger partial charge < -0.3 is 14.7 Å². The highest BCUT2D eigenvalue weighted by atomic mass is 16.5. The Bertz CT molecular complexity index is 444. The normalized spacial score (nSPS) is 23.6. The molecule has 1 N–H and O–H groups in total. The second-order valence-electron chi connectivity index (χ2n) is 4.73. The van der Waals surface area contributed by atoms with Crippen molar-refractivity contribution in [3.63, 3.8) is 0 Å². The van der Waals surface area contributed by atoms with Gasteiger partial charge in [-0.25, -0.2) is 0 Å². The maximum atomic E-state index is 12.4. The number of aromatic nitrogens is 1. The minimum Gasteiger partial charge on any atom is -0.364 e. The van der Waals surface area contributed by atoms with E-state index in [1.807, 2.05) is 13.8 Å². The zero-order valence-corrected chi connectivity index (χ0v) is 11.3. The first-order chi connectivity index (χ1) is 9.17. The van der Waals surface area contributed by atoms with Crippen molar-refractivity contribution in [1.82, 2.24) is 15.4 Å². The summed E-state index contributed by atoms with van der Waals surface area (Å²) >= 11 is 0. The fourth-order valence-electron chi connectivity index (χ4n) is 2.40. The highest BCUT2D eigenvalue weighted by molar-refractivity contribution is 5.96. The van der Waals surface area contributed by atoms with Crippen LogP contribution in [0.1, 0.15) is 38.8 Å². The summed E-state index contributed by atoms with van der Waals surface area (Å²) in [6.45, 7) is 4.21. The first kappa shape index (κ1) is 13.6. The standard InChI is InChI=1S/C13H19N3O3/c1-3-5-10-13(18)16(8-9-6-7-19-15-9)11(4-2)12(17)14-10/h6-7,10-11H,3-5,8H2,1-2H3,(H,14,17). The summed E-state index contributed by atoms with van der Waals surface area (Å²) in [6, 6.07) is 0.881. The molecule has 2 amide bonds. The summed E-state index contributed by atoms with van der Waals surface area (Å²) in [5.41, 5.74) is 0.664. The zero-order valence-electron chi connectivity index (χ0n) is 11.3. The number of carbonyl (C=O) groups is 2. The molecule has 2 rings (SSSR count). The molecule has 0 radical (unpaired) electrons. The molecule has 0 aromatic carbocycles. The van der Waals surface area contributed by atoms with Gasteiger partial charge in [-0.1, -0.05) is 25.4 Å². The molecule has 1 fully saturated rings. The minimum atomic E-state index is -0.419. The molecule has 0 bridgehead atoms. The Hall–Kier alpha value is -1.85. The van der Waals surface area contributed by atoms with Gasteiger partial charge in [0, 0.05) is 6.07 Å². The highest BCUT2D eigenvalue weighted by Crippen LogP contribution is 2.18. The molecule has 6 nitrogen and oxygen atoms in total. The monoisotopic (exact) mass is 265 g/mol. The van der Waals surface area contributed by atoms with Gasteiger partial charge >= 0.3 is 0 Å². The summed E-state index contributed by atoms with van der Waals surface area (Å²) in [4.78, 5) is 26.1. The largest absolute Gasteiger partial charge is 0.364 e. The van der Waals surface area contributed by atoms with Crippen molar-refractivity contribution in [3.8, 4) is 0 Å². The number of carbonyl (C=O) groups excluding carboxylic acids is 2. The van der Waals surface area contributed by atoms with Crippen LogP contribution in [0.25, 0.3) is 0 Å². The Morgan fingerprint density at radius 2 is 2.21 bits per heavy atom. The van der Waals surface area contributed by atoms with Crippen molar-refractivity contribution in [2.24, 2.45) is 0 Å². The maximum Gasteiger partial charge on any atom is 0.246 e. The van der Waals surface area contributed by atoms with Crippen molar-refractivity contribution in [3.05, 3.63) is 18.0 Å². The van der Waals surface area contributed by atoms with Crippen LogP contribution in [0.15, 0.2) is 16.9 Å². The molecule has 0 saturated carbocycles. The van der Waals surface area contributed by atoms with Gasteiger partial charge in [-0.15, -0.1) is 0 Å². The van der Waals surface area contributed by atoms with E-state index in [0.717, 1.165) is 6.42 Å². The van der Waals surface area contributed by atoms with Crippen molar-refractivity contribution in [2.45, 2.75) is 51.7 Å². The summed E-state index contributed by atoms with van der Waals surface area (Å²) in [5, 5.41) is 6.61. The van der Waals surface area contributed by atoms with E-state index < -0.39 is 12.1 Å². The lowest BCUT2D eigenvalue weighted by molar-refractivity contribution is -0.150. The van der Waals surface area contributed by atoms with Crippen LogP contribution in [0.2, 0.25) is 0 Å². The lowest BCUT2D eigenvalue weighted by Crippen LogP contribution is -2.62. The molecule has 0 aliphatic carbocycles. The Kier molecular flexibility index (Phi) is 4.19. The van der Waals surface area contributed by atoms with Gasteiger partial charge in [0.05, 0.1) is 6.54 Å². The maximum absolute atomic E-state index is 12.4. The van der Waals surface area contributed by atoms with Crippen LogP contribution in [0.3, 0.4) is 0 Å². The van der Waals surface area contributed by atoms with Crippen molar-refractivity contribution < 1.29 is 14.1 Å². The molecule has 1 aliphatic rings. The zero-order chi connectivity index (χ0) is 13.8. The van der Waals surface area contributed by atoms with Gasteiger partial charge in [0.25, 0.3) is 0 Å². The van der Waals surface area contributed by atoms with Gasteiger partial charge in [-0.3, -0.25) is 9.59 Å². The number of rotatable bonds is 5. The molecule has 1 saturated heterocycles. The fourth-order valence-corrected chi connectivity index (χ4v) is 2.40. The van der Waals surface area contributed by atoms with E-state index in [9.17, 15) is 9.59 Å². The second-order valence-corrected chi connectivity index (χ2v) is 4.73. The van der Waals surface area contributed by atoms with Gasteiger partial charge in [-0.2, -0.15) is 0 Å². The van der Waals surface area contributed by atoms with Crippen LogP contribution in [-0.2, 0) is 16.1 Å². The molecule has 2 atom stereocenters. The molecule has 19 heavy (non-hydrogen) atoms. The third-order valence-corrected chi connectivity index (χ3v) is 3.36. The Balaban J connectivity index is 2.18. The van der Waals surface area contributed by atoms with E-state index in [0.29, 0.717) is 25.1 Å². The fraction of sp³-hybridized carbons (Fsp3) is 0.615. The lowest BCUT2D eigenvalue weighted by Gasteiger charge is -2.38. The number of nitrogens with zero attached hydrogens (tertiary/aromatic N) is 2. The van der Waals surface area contributed by atoms with Gasteiger partial charge in [-0.05, 0) is 12.8 Å². The molecule has 2 heterocycles. The molecule has 2 unspecified atom stereocenters. The summed E-state index contributed by atoms with van der Waals surface area (Å²) in [6.07, 6.45) is 3.57. The summed E-state index contributed by atoms with van der Waals surface area (Å²) in [5.74, 6) is -0.111. The van der Waals surface area contributed by atoms with Gasteiger partial charge in [0.2, 0.25) is 11.8 Å². The molecule has 1 aliphatic heterocycles. The average Bonchev–Trinajstić information content (AvgIpc) is 2.89. The van der Waals surface area contributed by atoms with Gasteiger partial charge in [0.1, 0.15) is 24.0 Å². The molecular formula is C13H19N3O3. The summed E-state index contributed by atoms with van der Waals surface area (Å²) in [7, 11) is 0. The molecule has 1 aromatic heterocycles. The van der Waals surface area contributed by atoms with Crippen LogP contribution < -0.4 is 5.32 Å². The van der Waals surface area contributed by atoms with Crippen LogP contribution in [0.4, 0.5) is 0 Å². The molecule has 1 aromatic rings. The SMILES string of the molecule is CCCC1NC(=O)C(CC)N(Cc2ccon2)C1=O. The third-order valence-electron chi connectivity index (χ3n) is 3.36. The van der Waals surface area contributed by atoms with Crippen LogP contribution in [0.5, 0.6) is 0 Å². The van der Waals surface area contributed by atoms with E-state index in [2.05, 4.69) is 10.5 Å². The Morgan fingerprint density at radius 3 is 2.79 bits per heavy atom. The molecule has 104 valence electrons. The predicted molar refractivity (Wildman–Crippen MR) is 68.0 cm³/mol. The quantitative estimate of drug-likeness (QED) is 0.864. The van der Waals surface area contributed by atoms with Crippen LogP contribution >= 0.6 is 0 Å². The van der Waals surface area contributed by atoms with Crippen LogP contribution in [-0.4, -0.2) is 34.0 Å². The number of hydrogen-bond donors (Lipinski definition) is 1. The number of piperazine rings is 1. The van der Waals surface area contributed by atoms with Crippen LogP contribution in [0, 0.1) is 0 Å². The third kappa shape index (κ3) is 2.77. The minimum absolute atomic E-state index is 0.0312. The van der Waals surface area contributed by atoms with Crippen molar-refractivity contribution in [1.29, 1.82) is 0 Å². The highest BCUT2D eigenvalue weighted by Gasteiger charge is 2.39. The smallest absolute Gasteiger partial charge is 0.246 e. The predicted octanol–water partition coefficient (Wildman–Crippen LogP) is 1.08. The van der Waals surface area contributed by atoms with E-state index in [4.69, 9.17) is 4.52 Å². The Labute approximate surface area is 112 Å².